The lowest BCUT2D eigenvalue weighted by atomic mass is 10.0. The Labute approximate surface area is 229 Å². The van der Waals surface area contributed by atoms with Crippen molar-refractivity contribution in [1.82, 2.24) is 9.88 Å². The van der Waals surface area contributed by atoms with Crippen LogP contribution in [0.25, 0.3) is 0 Å². The zero-order valence-corrected chi connectivity index (χ0v) is 21.8. The fourth-order valence-electron chi connectivity index (χ4n) is 4.78. The summed E-state index contributed by atoms with van der Waals surface area (Å²) in [7, 11) is 0. The number of hydrogen-bond donors (Lipinski definition) is 1. The van der Waals surface area contributed by atoms with E-state index in [0.29, 0.717) is 18.9 Å². The van der Waals surface area contributed by atoms with Gasteiger partial charge in [0.1, 0.15) is 6.04 Å². The zero-order chi connectivity index (χ0) is 26.9. The fourth-order valence-corrected chi connectivity index (χ4v) is 4.78. The molecule has 1 aliphatic heterocycles. The first-order valence-corrected chi connectivity index (χ1v) is 13.2. The maximum atomic E-state index is 13.9. The van der Waals surface area contributed by atoms with E-state index in [-0.39, 0.29) is 24.8 Å². The number of rotatable bonds is 9. The molecule has 198 valence electrons. The molecule has 4 aromatic rings. The highest BCUT2D eigenvalue weighted by Crippen LogP contribution is 2.27. The van der Waals surface area contributed by atoms with Crippen molar-refractivity contribution in [3.8, 4) is 0 Å². The fraction of sp³-hybridized carbons (Fsp3) is 0.219. The largest absolute Gasteiger partial charge is 0.378 e. The Balaban J connectivity index is 1.43. The Hall–Kier alpha value is -4.49. The molecule has 7 heteroatoms. The minimum Gasteiger partial charge on any atom is -0.378 e. The number of carbonyl (C=O) groups excluding carboxylic acids is 2. The lowest BCUT2D eigenvalue weighted by Crippen LogP contribution is -2.41. The van der Waals surface area contributed by atoms with Gasteiger partial charge in [-0.1, -0.05) is 66.7 Å². The average Bonchev–Trinajstić information content (AvgIpc) is 2.99. The summed E-state index contributed by atoms with van der Waals surface area (Å²) in [4.78, 5) is 35.9. The predicted octanol–water partition coefficient (Wildman–Crippen LogP) is 4.87. The number of nitrogens with one attached hydrogen (secondary N) is 1. The minimum atomic E-state index is -0.832. The molecule has 1 atom stereocenters. The number of amides is 2. The third kappa shape index (κ3) is 6.89. The summed E-state index contributed by atoms with van der Waals surface area (Å²) >= 11 is 0. The van der Waals surface area contributed by atoms with Gasteiger partial charge in [-0.15, -0.1) is 0 Å². The highest BCUT2D eigenvalue weighted by atomic mass is 16.5. The van der Waals surface area contributed by atoms with E-state index in [0.717, 1.165) is 35.5 Å². The second kappa shape index (κ2) is 12.8. The van der Waals surface area contributed by atoms with Gasteiger partial charge in [-0.05, 0) is 47.0 Å². The topological polar surface area (TPSA) is 74.8 Å². The van der Waals surface area contributed by atoms with Crippen molar-refractivity contribution >= 4 is 23.2 Å². The molecule has 39 heavy (non-hydrogen) atoms. The highest BCUT2D eigenvalue weighted by molar-refractivity contribution is 5.98. The normalized spacial score (nSPS) is 13.9. The Morgan fingerprint density at radius 3 is 2.18 bits per heavy atom. The molecule has 0 bridgehead atoms. The number of anilines is 2. The van der Waals surface area contributed by atoms with Crippen LogP contribution in [0.3, 0.4) is 0 Å². The number of morpholine rings is 1. The van der Waals surface area contributed by atoms with Crippen LogP contribution in [0.2, 0.25) is 0 Å². The van der Waals surface area contributed by atoms with Gasteiger partial charge in [-0.2, -0.15) is 0 Å². The van der Waals surface area contributed by atoms with Crippen LogP contribution in [0.1, 0.15) is 22.7 Å². The van der Waals surface area contributed by atoms with Gasteiger partial charge >= 0.3 is 0 Å². The van der Waals surface area contributed by atoms with E-state index < -0.39 is 6.04 Å². The molecule has 2 amide bonds. The van der Waals surface area contributed by atoms with E-state index in [4.69, 9.17) is 4.74 Å². The second-order valence-corrected chi connectivity index (χ2v) is 9.49. The molecular formula is C32H32N4O3. The SMILES string of the molecule is O=C(Nc1ccc(N2CCOCC2)cc1)C(c1ccccc1)N(Cc1cccnc1)C(=O)Cc1ccccc1. The smallest absolute Gasteiger partial charge is 0.251 e. The van der Waals surface area contributed by atoms with Crippen LogP contribution in [0.4, 0.5) is 11.4 Å². The summed E-state index contributed by atoms with van der Waals surface area (Å²) in [5.41, 5.74) is 4.25. The zero-order valence-electron chi connectivity index (χ0n) is 21.8. The highest BCUT2D eigenvalue weighted by Gasteiger charge is 2.31. The molecule has 0 aliphatic carbocycles. The van der Waals surface area contributed by atoms with Crippen LogP contribution in [0.15, 0.2) is 109 Å². The summed E-state index contributed by atoms with van der Waals surface area (Å²) < 4.78 is 5.45. The molecule has 0 spiro atoms. The van der Waals surface area contributed by atoms with Crippen molar-refractivity contribution in [3.05, 3.63) is 126 Å². The molecule has 1 unspecified atom stereocenters. The number of carbonyl (C=O) groups is 2. The van der Waals surface area contributed by atoms with Gasteiger partial charge in [0.2, 0.25) is 5.91 Å². The predicted molar refractivity (Wildman–Crippen MR) is 152 cm³/mol. The standard InChI is InChI=1S/C32H32N4O3/c37-30(22-25-8-3-1-4-9-25)36(24-26-10-7-17-33-23-26)31(27-11-5-2-6-12-27)32(38)34-28-13-15-29(16-14-28)35-18-20-39-21-19-35/h1-17,23,31H,18-22,24H2,(H,34,38). The van der Waals surface area contributed by atoms with E-state index in [1.807, 2.05) is 97.1 Å². The van der Waals surface area contributed by atoms with Crippen LogP contribution >= 0.6 is 0 Å². The van der Waals surface area contributed by atoms with Crippen molar-refractivity contribution in [2.75, 3.05) is 36.5 Å². The third-order valence-electron chi connectivity index (χ3n) is 6.78. The molecule has 5 rings (SSSR count). The van der Waals surface area contributed by atoms with Crippen molar-refractivity contribution in [1.29, 1.82) is 0 Å². The van der Waals surface area contributed by atoms with Gasteiger partial charge in [0, 0.05) is 43.4 Å². The number of aromatic nitrogens is 1. The van der Waals surface area contributed by atoms with Crippen molar-refractivity contribution < 1.29 is 14.3 Å². The van der Waals surface area contributed by atoms with Gasteiger partial charge in [-0.3, -0.25) is 14.6 Å². The molecule has 1 aliphatic rings. The number of ether oxygens (including phenoxy) is 1. The Bertz CT molecular complexity index is 1340. The summed E-state index contributed by atoms with van der Waals surface area (Å²) in [6.07, 6.45) is 3.61. The number of hydrogen-bond acceptors (Lipinski definition) is 5. The van der Waals surface area contributed by atoms with Gasteiger partial charge in [0.05, 0.1) is 19.6 Å². The molecule has 1 saturated heterocycles. The summed E-state index contributed by atoms with van der Waals surface area (Å²) in [6, 6.07) is 29.8. The van der Waals surface area contributed by atoms with Gasteiger partial charge in [0.25, 0.3) is 5.91 Å². The number of nitrogens with zero attached hydrogens (tertiary/aromatic N) is 3. The third-order valence-corrected chi connectivity index (χ3v) is 6.78. The van der Waals surface area contributed by atoms with E-state index >= 15 is 0 Å². The van der Waals surface area contributed by atoms with Crippen LogP contribution in [-0.4, -0.2) is 48.0 Å². The maximum absolute atomic E-state index is 13.9. The lowest BCUT2D eigenvalue weighted by Gasteiger charge is -2.32. The monoisotopic (exact) mass is 520 g/mol. The van der Waals surface area contributed by atoms with Crippen molar-refractivity contribution in [2.24, 2.45) is 0 Å². The molecule has 1 N–H and O–H groups in total. The molecule has 3 aromatic carbocycles. The van der Waals surface area contributed by atoms with Crippen molar-refractivity contribution in [3.63, 3.8) is 0 Å². The number of pyridine rings is 1. The first kappa shape index (κ1) is 26.1. The summed E-state index contributed by atoms with van der Waals surface area (Å²) in [6.45, 7) is 3.35. The first-order chi connectivity index (χ1) is 19.2. The van der Waals surface area contributed by atoms with Crippen LogP contribution in [0, 0.1) is 0 Å². The second-order valence-electron chi connectivity index (χ2n) is 9.49. The Kier molecular flexibility index (Phi) is 8.61. The summed E-state index contributed by atoms with van der Waals surface area (Å²) in [5, 5.41) is 3.06. The minimum absolute atomic E-state index is 0.142. The molecule has 2 heterocycles. The van der Waals surface area contributed by atoms with Gasteiger partial charge < -0.3 is 19.9 Å². The Morgan fingerprint density at radius 1 is 0.846 bits per heavy atom. The van der Waals surface area contributed by atoms with Crippen LogP contribution in [0.5, 0.6) is 0 Å². The molecule has 0 radical (unpaired) electrons. The van der Waals surface area contributed by atoms with E-state index in [9.17, 15) is 9.59 Å². The Morgan fingerprint density at radius 2 is 1.51 bits per heavy atom. The average molecular weight is 521 g/mol. The van der Waals surface area contributed by atoms with Crippen LogP contribution in [-0.2, 0) is 27.3 Å². The van der Waals surface area contributed by atoms with Crippen LogP contribution < -0.4 is 10.2 Å². The van der Waals surface area contributed by atoms with Gasteiger partial charge in [-0.25, -0.2) is 0 Å². The molecule has 7 nitrogen and oxygen atoms in total. The quantitative estimate of drug-likeness (QED) is 0.341. The lowest BCUT2D eigenvalue weighted by molar-refractivity contribution is -0.139. The molecule has 1 fully saturated rings. The first-order valence-electron chi connectivity index (χ1n) is 13.2. The van der Waals surface area contributed by atoms with E-state index in [1.165, 1.54) is 0 Å². The molecule has 1 aromatic heterocycles. The molecule has 0 saturated carbocycles. The number of benzene rings is 3. The van der Waals surface area contributed by atoms with Gasteiger partial charge in [0.15, 0.2) is 0 Å². The van der Waals surface area contributed by atoms with E-state index in [2.05, 4.69) is 15.2 Å². The maximum Gasteiger partial charge on any atom is 0.251 e. The summed E-state index contributed by atoms with van der Waals surface area (Å²) in [5.74, 6) is -0.414. The van der Waals surface area contributed by atoms with E-state index in [1.54, 1.807) is 17.3 Å². The van der Waals surface area contributed by atoms with Crippen molar-refractivity contribution in [2.45, 2.75) is 19.0 Å². The molecular weight excluding hydrogens is 488 g/mol.